The van der Waals surface area contributed by atoms with Crippen molar-refractivity contribution in [3.05, 3.63) is 59.1 Å². The standard InChI is InChI=1S/C16H11ClO4/c17-13-4-2-1-3-11(13)5-8-16(18)21-12-6-7-14-15(9-12)20-10-19-14/h1-9H,10H2/b8-5+. The summed E-state index contributed by atoms with van der Waals surface area (Å²) in [5.74, 6) is 1.11. The first kappa shape index (κ1) is 13.5. The Kier molecular flexibility index (Phi) is 3.79. The molecule has 0 spiro atoms. The van der Waals surface area contributed by atoms with Gasteiger partial charge in [0.1, 0.15) is 5.75 Å². The van der Waals surface area contributed by atoms with Crippen LogP contribution in [-0.2, 0) is 4.79 Å². The lowest BCUT2D eigenvalue weighted by molar-refractivity contribution is -0.128. The summed E-state index contributed by atoms with van der Waals surface area (Å²) >= 11 is 6.00. The summed E-state index contributed by atoms with van der Waals surface area (Å²) < 4.78 is 15.6. The topological polar surface area (TPSA) is 44.8 Å². The zero-order chi connectivity index (χ0) is 14.7. The molecule has 0 amide bonds. The molecule has 0 saturated heterocycles. The Morgan fingerprint density at radius 2 is 1.95 bits per heavy atom. The summed E-state index contributed by atoms with van der Waals surface area (Å²) in [7, 11) is 0. The second kappa shape index (κ2) is 5.89. The van der Waals surface area contributed by atoms with E-state index < -0.39 is 5.97 Å². The molecule has 1 heterocycles. The molecule has 0 aromatic heterocycles. The van der Waals surface area contributed by atoms with Crippen LogP contribution in [0.25, 0.3) is 6.08 Å². The minimum Gasteiger partial charge on any atom is -0.454 e. The van der Waals surface area contributed by atoms with E-state index in [0.29, 0.717) is 22.3 Å². The van der Waals surface area contributed by atoms with Gasteiger partial charge in [0.15, 0.2) is 11.5 Å². The fourth-order valence-corrected chi connectivity index (χ4v) is 2.06. The van der Waals surface area contributed by atoms with Crippen LogP contribution in [0.1, 0.15) is 5.56 Å². The highest BCUT2D eigenvalue weighted by Crippen LogP contribution is 2.35. The van der Waals surface area contributed by atoms with Crippen molar-refractivity contribution in [1.82, 2.24) is 0 Å². The normalized spacial score (nSPS) is 12.6. The van der Waals surface area contributed by atoms with E-state index in [1.807, 2.05) is 18.2 Å². The molecule has 21 heavy (non-hydrogen) atoms. The van der Waals surface area contributed by atoms with Crippen LogP contribution in [0, 0.1) is 0 Å². The molecule has 3 rings (SSSR count). The van der Waals surface area contributed by atoms with E-state index >= 15 is 0 Å². The molecule has 4 nitrogen and oxygen atoms in total. The third-order valence-electron chi connectivity index (χ3n) is 2.87. The number of hydrogen-bond acceptors (Lipinski definition) is 4. The van der Waals surface area contributed by atoms with Gasteiger partial charge in [0.25, 0.3) is 0 Å². The van der Waals surface area contributed by atoms with Crippen molar-refractivity contribution in [2.45, 2.75) is 0 Å². The van der Waals surface area contributed by atoms with E-state index in [1.54, 1.807) is 30.3 Å². The van der Waals surface area contributed by atoms with Gasteiger partial charge in [0.05, 0.1) is 0 Å². The minimum atomic E-state index is -0.492. The van der Waals surface area contributed by atoms with Gasteiger partial charge in [-0.15, -0.1) is 0 Å². The first-order chi connectivity index (χ1) is 10.2. The molecule has 2 aromatic carbocycles. The van der Waals surface area contributed by atoms with Crippen molar-refractivity contribution in [2.75, 3.05) is 6.79 Å². The van der Waals surface area contributed by atoms with Crippen molar-refractivity contribution < 1.29 is 19.0 Å². The monoisotopic (exact) mass is 302 g/mol. The number of halogens is 1. The molecule has 0 bridgehead atoms. The molecule has 0 aliphatic carbocycles. The lowest BCUT2D eigenvalue weighted by Gasteiger charge is -2.02. The number of ether oxygens (including phenoxy) is 3. The quantitative estimate of drug-likeness (QED) is 0.493. The summed E-state index contributed by atoms with van der Waals surface area (Å²) in [6.07, 6.45) is 2.93. The zero-order valence-electron chi connectivity index (χ0n) is 10.9. The highest BCUT2D eigenvalue weighted by molar-refractivity contribution is 6.32. The molecule has 2 aromatic rings. The van der Waals surface area contributed by atoms with Gasteiger partial charge in [0.2, 0.25) is 6.79 Å². The van der Waals surface area contributed by atoms with Crippen LogP contribution in [0.5, 0.6) is 17.2 Å². The molecule has 5 heteroatoms. The van der Waals surface area contributed by atoms with Crippen molar-refractivity contribution in [2.24, 2.45) is 0 Å². The maximum atomic E-state index is 11.8. The van der Waals surface area contributed by atoms with Crippen molar-refractivity contribution in [3.63, 3.8) is 0 Å². The third kappa shape index (κ3) is 3.17. The number of carbonyl (C=O) groups is 1. The van der Waals surface area contributed by atoms with Gasteiger partial charge >= 0.3 is 5.97 Å². The van der Waals surface area contributed by atoms with Crippen LogP contribution < -0.4 is 14.2 Å². The Hall–Kier alpha value is -2.46. The molecule has 1 aliphatic heterocycles. The predicted molar refractivity (Wildman–Crippen MR) is 78.7 cm³/mol. The van der Waals surface area contributed by atoms with E-state index in [4.69, 9.17) is 25.8 Å². The Morgan fingerprint density at radius 3 is 2.81 bits per heavy atom. The maximum Gasteiger partial charge on any atom is 0.336 e. The second-order valence-electron chi connectivity index (χ2n) is 4.29. The highest BCUT2D eigenvalue weighted by atomic mass is 35.5. The molecule has 106 valence electrons. The van der Waals surface area contributed by atoms with Gasteiger partial charge < -0.3 is 14.2 Å². The molecule has 0 saturated carbocycles. The van der Waals surface area contributed by atoms with Gasteiger partial charge in [0, 0.05) is 17.2 Å². The van der Waals surface area contributed by atoms with Crippen molar-refractivity contribution >= 4 is 23.6 Å². The van der Waals surface area contributed by atoms with Gasteiger partial charge in [-0.3, -0.25) is 0 Å². The number of esters is 1. The van der Waals surface area contributed by atoms with Gasteiger partial charge in [-0.1, -0.05) is 29.8 Å². The predicted octanol–water partition coefficient (Wildman–Crippen LogP) is 3.69. The van der Waals surface area contributed by atoms with Crippen LogP contribution in [0.4, 0.5) is 0 Å². The SMILES string of the molecule is O=C(/C=C/c1ccccc1Cl)Oc1ccc2c(c1)OCO2. The number of rotatable bonds is 3. The third-order valence-corrected chi connectivity index (χ3v) is 3.21. The molecule has 0 unspecified atom stereocenters. The van der Waals surface area contributed by atoms with Crippen LogP contribution >= 0.6 is 11.6 Å². The van der Waals surface area contributed by atoms with E-state index in [0.717, 1.165) is 5.56 Å². The average Bonchev–Trinajstić information content (AvgIpc) is 2.94. The maximum absolute atomic E-state index is 11.8. The summed E-state index contributed by atoms with van der Waals surface area (Å²) in [4.78, 5) is 11.8. The van der Waals surface area contributed by atoms with Crippen LogP contribution in [0.2, 0.25) is 5.02 Å². The fraction of sp³-hybridized carbons (Fsp3) is 0.0625. The number of hydrogen-bond donors (Lipinski definition) is 0. The first-order valence-corrected chi connectivity index (χ1v) is 6.64. The van der Waals surface area contributed by atoms with Crippen LogP contribution in [0.3, 0.4) is 0 Å². The smallest absolute Gasteiger partial charge is 0.336 e. The Balaban J connectivity index is 1.68. The van der Waals surface area contributed by atoms with E-state index in [9.17, 15) is 4.79 Å². The highest BCUT2D eigenvalue weighted by Gasteiger charge is 2.14. The van der Waals surface area contributed by atoms with Crippen LogP contribution in [0.15, 0.2) is 48.5 Å². The Labute approximate surface area is 126 Å². The molecular formula is C16H11ClO4. The fourth-order valence-electron chi connectivity index (χ4n) is 1.86. The van der Waals surface area contributed by atoms with E-state index in [1.165, 1.54) is 6.08 Å². The van der Waals surface area contributed by atoms with E-state index in [-0.39, 0.29) is 6.79 Å². The number of carbonyl (C=O) groups excluding carboxylic acids is 1. The summed E-state index contributed by atoms with van der Waals surface area (Å²) in [5, 5.41) is 0.574. The summed E-state index contributed by atoms with van der Waals surface area (Å²) in [5.41, 5.74) is 0.752. The van der Waals surface area contributed by atoms with Gasteiger partial charge in [-0.25, -0.2) is 4.79 Å². The summed E-state index contributed by atoms with van der Waals surface area (Å²) in [6, 6.07) is 12.2. The lowest BCUT2D eigenvalue weighted by atomic mass is 10.2. The Morgan fingerprint density at radius 1 is 1.14 bits per heavy atom. The largest absolute Gasteiger partial charge is 0.454 e. The minimum absolute atomic E-state index is 0.180. The average molecular weight is 303 g/mol. The van der Waals surface area contributed by atoms with E-state index in [2.05, 4.69) is 0 Å². The molecule has 1 aliphatic rings. The molecule has 0 radical (unpaired) electrons. The number of benzene rings is 2. The molecule has 0 fully saturated rings. The Bertz CT molecular complexity index is 709. The first-order valence-electron chi connectivity index (χ1n) is 6.26. The molecular weight excluding hydrogens is 292 g/mol. The zero-order valence-corrected chi connectivity index (χ0v) is 11.7. The lowest BCUT2D eigenvalue weighted by Crippen LogP contribution is -2.03. The van der Waals surface area contributed by atoms with Crippen LogP contribution in [-0.4, -0.2) is 12.8 Å². The second-order valence-corrected chi connectivity index (χ2v) is 4.70. The van der Waals surface area contributed by atoms with Crippen molar-refractivity contribution in [1.29, 1.82) is 0 Å². The van der Waals surface area contributed by atoms with Gasteiger partial charge in [-0.05, 0) is 29.8 Å². The number of fused-ring (bicyclic) bond motifs is 1. The molecule has 0 atom stereocenters. The molecule has 0 N–H and O–H groups in total. The summed E-state index contributed by atoms with van der Waals surface area (Å²) in [6.45, 7) is 0.180. The van der Waals surface area contributed by atoms with Crippen molar-refractivity contribution in [3.8, 4) is 17.2 Å². The van der Waals surface area contributed by atoms with Gasteiger partial charge in [-0.2, -0.15) is 0 Å².